The van der Waals surface area contributed by atoms with Gasteiger partial charge in [-0.2, -0.15) is 0 Å². The molecule has 94 valence electrons. The molecule has 0 saturated heterocycles. The van der Waals surface area contributed by atoms with E-state index in [9.17, 15) is 4.79 Å². The molecule has 3 heteroatoms. The first kappa shape index (κ1) is 11.7. The summed E-state index contributed by atoms with van der Waals surface area (Å²) in [6.45, 7) is 4.18. The van der Waals surface area contributed by atoms with Crippen LogP contribution in [0.5, 0.6) is 0 Å². The summed E-state index contributed by atoms with van der Waals surface area (Å²) in [5, 5.41) is 0. The predicted molar refractivity (Wildman–Crippen MR) is 76.4 cm³/mol. The fourth-order valence-corrected chi connectivity index (χ4v) is 2.13. The number of carbonyl (C=O) groups is 1. The lowest BCUT2D eigenvalue weighted by Crippen LogP contribution is -1.82. The fourth-order valence-electron chi connectivity index (χ4n) is 2.13. The molecule has 0 aliphatic heterocycles. The molecule has 0 aliphatic carbocycles. The number of aryl methyl sites for hydroxylation is 2. The maximum absolute atomic E-state index is 10.6. The van der Waals surface area contributed by atoms with E-state index in [-0.39, 0.29) is 0 Å². The number of rotatable bonds is 2. The van der Waals surface area contributed by atoms with Crippen molar-refractivity contribution < 1.29 is 4.79 Å². The van der Waals surface area contributed by atoms with Gasteiger partial charge in [0.25, 0.3) is 0 Å². The van der Waals surface area contributed by atoms with Gasteiger partial charge in [-0.25, -0.2) is 4.98 Å². The van der Waals surface area contributed by atoms with Crippen LogP contribution >= 0.6 is 0 Å². The van der Waals surface area contributed by atoms with Crippen LogP contribution in [0.25, 0.3) is 22.4 Å². The van der Waals surface area contributed by atoms with E-state index in [2.05, 4.69) is 35.9 Å². The molecule has 0 aliphatic rings. The summed E-state index contributed by atoms with van der Waals surface area (Å²) in [5.74, 6) is 0.831. The molecule has 1 aromatic heterocycles. The van der Waals surface area contributed by atoms with E-state index in [0.717, 1.165) is 28.7 Å². The first-order valence-electron chi connectivity index (χ1n) is 6.20. The number of nitrogens with one attached hydrogen (secondary N) is 1. The van der Waals surface area contributed by atoms with Crippen LogP contribution in [0.4, 0.5) is 0 Å². The molecule has 0 atom stereocenters. The molecule has 0 radical (unpaired) electrons. The Bertz CT molecular complexity index is 715. The Balaban J connectivity index is 2.11. The highest BCUT2D eigenvalue weighted by Crippen LogP contribution is 2.23. The van der Waals surface area contributed by atoms with E-state index in [0.29, 0.717) is 5.56 Å². The number of aromatic amines is 1. The number of aromatic nitrogens is 2. The zero-order chi connectivity index (χ0) is 13.4. The summed E-state index contributed by atoms with van der Waals surface area (Å²) >= 11 is 0. The SMILES string of the molecule is Cc1cc2nc(-c3ccc(C=O)cc3)[nH]c2cc1C. The van der Waals surface area contributed by atoms with E-state index in [4.69, 9.17) is 0 Å². The normalized spacial score (nSPS) is 10.8. The first-order valence-corrected chi connectivity index (χ1v) is 6.20. The Morgan fingerprint density at radius 1 is 1.05 bits per heavy atom. The average Bonchev–Trinajstić information content (AvgIpc) is 2.82. The number of H-pyrrole nitrogens is 1. The fraction of sp³-hybridized carbons (Fsp3) is 0.125. The molecule has 0 bridgehead atoms. The van der Waals surface area contributed by atoms with Gasteiger partial charge in [-0.3, -0.25) is 4.79 Å². The molecular weight excluding hydrogens is 236 g/mol. The van der Waals surface area contributed by atoms with Gasteiger partial charge in [0.05, 0.1) is 11.0 Å². The van der Waals surface area contributed by atoms with Crippen molar-refractivity contribution in [1.82, 2.24) is 9.97 Å². The molecule has 0 amide bonds. The summed E-state index contributed by atoms with van der Waals surface area (Å²) in [7, 11) is 0. The number of nitrogens with zero attached hydrogens (tertiary/aromatic N) is 1. The third kappa shape index (κ3) is 2.03. The van der Waals surface area contributed by atoms with Gasteiger partial charge in [0, 0.05) is 11.1 Å². The van der Waals surface area contributed by atoms with E-state index >= 15 is 0 Å². The average molecular weight is 250 g/mol. The number of aldehydes is 1. The minimum absolute atomic E-state index is 0.673. The summed E-state index contributed by atoms with van der Waals surface area (Å²) in [5.41, 5.74) is 6.15. The second kappa shape index (κ2) is 4.35. The molecule has 3 nitrogen and oxygen atoms in total. The van der Waals surface area contributed by atoms with Crippen molar-refractivity contribution in [2.24, 2.45) is 0 Å². The standard InChI is InChI=1S/C16H14N2O/c1-10-7-14-15(8-11(10)2)18-16(17-14)13-5-3-12(9-19)4-6-13/h3-9H,1-2H3,(H,17,18). The molecule has 0 spiro atoms. The van der Waals surface area contributed by atoms with Crippen LogP contribution in [-0.4, -0.2) is 16.3 Å². The van der Waals surface area contributed by atoms with Gasteiger partial charge in [-0.15, -0.1) is 0 Å². The highest BCUT2D eigenvalue weighted by atomic mass is 16.1. The van der Waals surface area contributed by atoms with E-state index in [1.54, 1.807) is 12.1 Å². The second-order valence-corrected chi connectivity index (χ2v) is 4.78. The molecule has 3 rings (SSSR count). The zero-order valence-electron chi connectivity index (χ0n) is 10.9. The van der Waals surface area contributed by atoms with Crippen molar-refractivity contribution in [2.75, 3.05) is 0 Å². The molecule has 19 heavy (non-hydrogen) atoms. The lowest BCUT2D eigenvalue weighted by atomic mass is 10.1. The van der Waals surface area contributed by atoms with Crippen molar-refractivity contribution in [3.8, 4) is 11.4 Å². The number of hydrogen-bond donors (Lipinski definition) is 1. The van der Waals surface area contributed by atoms with Crippen LogP contribution in [-0.2, 0) is 0 Å². The molecule has 0 unspecified atom stereocenters. The Labute approximate surface area is 111 Å². The predicted octanol–water partition coefficient (Wildman–Crippen LogP) is 3.66. The van der Waals surface area contributed by atoms with Crippen molar-refractivity contribution in [2.45, 2.75) is 13.8 Å². The van der Waals surface area contributed by atoms with E-state index < -0.39 is 0 Å². The van der Waals surface area contributed by atoms with Crippen LogP contribution in [0, 0.1) is 13.8 Å². The Morgan fingerprint density at radius 2 is 1.74 bits per heavy atom. The van der Waals surface area contributed by atoms with Crippen LogP contribution < -0.4 is 0 Å². The van der Waals surface area contributed by atoms with Crippen LogP contribution in [0.15, 0.2) is 36.4 Å². The summed E-state index contributed by atoms with van der Waals surface area (Å²) in [4.78, 5) is 18.6. The molecule has 0 fully saturated rings. The Morgan fingerprint density at radius 3 is 2.42 bits per heavy atom. The minimum atomic E-state index is 0.673. The van der Waals surface area contributed by atoms with E-state index in [1.165, 1.54) is 11.1 Å². The van der Waals surface area contributed by atoms with Crippen LogP contribution in [0.1, 0.15) is 21.5 Å². The molecule has 3 aromatic rings. The molecule has 1 N–H and O–H groups in total. The molecular formula is C16H14N2O. The maximum atomic E-state index is 10.6. The van der Waals surface area contributed by atoms with Crippen LogP contribution in [0.2, 0.25) is 0 Å². The largest absolute Gasteiger partial charge is 0.338 e. The van der Waals surface area contributed by atoms with E-state index in [1.807, 2.05) is 12.1 Å². The van der Waals surface area contributed by atoms with Gasteiger partial charge in [-0.05, 0) is 37.1 Å². The Kier molecular flexibility index (Phi) is 2.67. The van der Waals surface area contributed by atoms with Crippen LogP contribution in [0.3, 0.4) is 0 Å². The third-order valence-electron chi connectivity index (χ3n) is 3.42. The number of fused-ring (bicyclic) bond motifs is 1. The van der Waals surface area contributed by atoms with Crippen molar-refractivity contribution >= 4 is 17.3 Å². The highest BCUT2D eigenvalue weighted by molar-refractivity contribution is 5.82. The second-order valence-electron chi connectivity index (χ2n) is 4.78. The summed E-state index contributed by atoms with van der Waals surface area (Å²) in [6.07, 6.45) is 0.842. The first-order chi connectivity index (χ1) is 9.17. The lowest BCUT2D eigenvalue weighted by molar-refractivity contribution is 0.112. The smallest absolute Gasteiger partial charge is 0.150 e. The number of benzene rings is 2. The third-order valence-corrected chi connectivity index (χ3v) is 3.42. The van der Waals surface area contributed by atoms with Crippen molar-refractivity contribution in [3.05, 3.63) is 53.1 Å². The van der Waals surface area contributed by atoms with Gasteiger partial charge >= 0.3 is 0 Å². The van der Waals surface area contributed by atoms with Gasteiger partial charge in [0.2, 0.25) is 0 Å². The van der Waals surface area contributed by atoms with Crippen molar-refractivity contribution in [1.29, 1.82) is 0 Å². The summed E-state index contributed by atoms with van der Waals surface area (Å²) in [6, 6.07) is 11.6. The van der Waals surface area contributed by atoms with Gasteiger partial charge in [0.15, 0.2) is 0 Å². The quantitative estimate of drug-likeness (QED) is 0.705. The highest BCUT2D eigenvalue weighted by Gasteiger charge is 2.06. The lowest BCUT2D eigenvalue weighted by Gasteiger charge is -1.97. The number of hydrogen-bond acceptors (Lipinski definition) is 2. The minimum Gasteiger partial charge on any atom is -0.338 e. The van der Waals surface area contributed by atoms with Gasteiger partial charge in [0.1, 0.15) is 12.1 Å². The topological polar surface area (TPSA) is 45.8 Å². The monoisotopic (exact) mass is 250 g/mol. The molecule has 0 saturated carbocycles. The number of imidazole rings is 1. The number of carbonyl (C=O) groups excluding carboxylic acids is 1. The molecule has 1 heterocycles. The molecule has 2 aromatic carbocycles. The maximum Gasteiger partial charge on any atom is 0.150 e. The van der Waals surface area contributed by atoms with Gasteiger partial charge in [-0.1, -0.05) is 24.3 Å². The van der Waals surface area contributed by atoms with Gasteiger partial charge < -0.3 is 4.98 Å². The zero-order valence-corrected chi connectivity index (χ0v) is 10.9. The van der Waals surface area contributed by atoms with Crippen molar-refractivity contribution in [3.63, 3.8) is 0 Å². The summed E-state index contributed by atoms with van der Waals surface area (Å²) < 4.78 is 0. The Hall–Kier alpha value is -2.42.